The number of nitrogens with two attached hydrogens (primary N) is 1. The summed E-state index contributed by atoms with van der Waals surface area (Å²) in [5.74, 6) is -0.421. The molecule has 0 saturated heterocycles. The van der Waals surface area contributed by atoms with E-state index < -0.39 is 5.91 Å². The Bertz CT molecular complexity index is 565. The number of rotatable bonds is 2. The van der Waals surface area contributed by atoms with Crippen LogP contribution in [0.1, 0.15) is 15.9 Å². The van der Waals surface area contributed by atoms with E-state index in [9.17, 15) is 4.79 Å². The predicted octanol–water partition coefficient (Wildman–Crippen LogP) is 2.07. The summed E-state index contributed by atoms with van der Waals surface area (Å²) in [4.78, 5) is 11.1. The van der Waals surface area contributed by atoms with Crippen molar-refractivity contribution >= 4 is 27.3 Å². The maximum absolute atomic E-state index is 11.1. The molecule has 0 bridgehead atoms. The van der Waals surface area contributed by atoms with Gasteiger partial charge in [-0.05, 0) is 17.7 Å². The van der Waals surface area contributed by atoms with Crippen LogP contribution in [0.5, 0.6) is 0 Å². The highest BCUT2D eigenvalue weighted by Crippen LogP contribution is 2.26. The van der Waals surface area contributed by atoms with Crippen molar-refractivity contribution in [1.29, 1.82) is 5.26 Å². The summed E-state index contributed by atoms with van der Waals surface area (Å²) < 4.78 is 1.02. The zero-order valence-electron chi connectivity index (χ0n) is 7.86. The molecule has 0 atom stereocenters. The molecule has 0 aliphatic carbocycles. The second-order valence-corrected chi connectivity index (χ2v) is 4.09. The number of thiophene rings is 1. The van der Waals surface area contributed by atoms with Crippen molar-refractivity contribution in [2.75, 3.05) is 0 Å². The van der Waals surface area contributed by atoms with Crippen LogP contribution >= 0.6 is 11.3 Å². The Kier molecular flexibility index (Phi) is 2.40. The highest BCUT2D eigenvalue weighted by molar-refractivity contribution is 7.17. The van der Waals surface area contributed by atoms with Crippen molar-refractivity contribution in [3.8, 4) is 6.07 Å². The van der Waals surface area contributed by atoms with Gasteiger partial charge in [0.1, 0.15) is 0 Å². The molecule has 0 unspecified atom stereocenters. The van der Waals surface area contributed by atoms with Gasteiger partial charge in [0, 0.05) is 15.5 Å². The molecule has 0 spiro atoms. The lowest BCUT2D eigenvalue weighted by Gasteiger charge is -1.96. The van der Waals surface area contributed by atoms with Gasteiger partial charge in [0.15, 0.2) is 0 Å². The van der Waals surface area contributed by atoms with Gasteiger partial charge in [0.2, 0.25) is 5.91 Å². The summed E-state index contributed by atoms with van der Waals surface area (Å²) in [5.41, 5.74) is 6.70. The van der Waals surface area contributed by atoms with Crippen LogP contribution < -0.4 is 5.73 Å². The average molecular weight is 216 g/mol. The van der Waals surface area contributed by atoms with E-state index >= 15 is 0 Å². The van der Waals surface area contributed by atoms with E-state index in [1.165, 1.54) is 11.3 Å². The Morgan fingerprint density at radius 1 is 1.53 bits per heavy atom. The normalized spacial score (nSPS) is 10.1. The van der Waals surface area contributed by atoms with Gasteiger partial charge in [-0.3, -0.25) is 4.79 Å². The summed E-state index contributed by atoms with van der Waals surface area (Å²) in [5, 5.41) is 11.2. The first-order valence-corrected chi connectivity index (χ1v) is 5.27. The molecule has 4 heteroatoms. The fourth-order valence-corrected chi connectivity index (χ4v) is 2.40. The Hall–Kier alpha value is -1.86. The van der Waals surface area contributed by atoms with E-state index in [0.717, 1.165) is 15.6 Å². The van der Waals surface area contributed by atoms with Crippen molar-refractivity contribution in [3.63, 3.8) is 0 Å². The maximum atomic E-state index is 11.1. The number of nitriles is 1. The Morgan fingerprint density at radius 3 is 3.00 bits per heavy atom. The maximum Gasteiger partial charge on any atom is 0.250 e. The number of carbonyl (C=O) groups is 1. The quantitative estimate of drug-likeness (QED) is 0.835. The van der Waals surface area contributed by atoms with Crippen LogP contribution in [0.4, 0.5) is 0 Å². The van der Waals surface area contributed by atoms with Crippen molar-refractivity contribution < 1.29 is 4.79 Å². The number of carbonyl (C=O) groups excluding carboxylic acids is 1. The van der Waals surface area contributed by atoms with Crippen LogP contribution in [0.3, 0.4) is 0 Å². The van der Waals surface area contributed by atoms with E-state index in [2.05, 4.69) is 6.07 Å². The fraction of sp³-hybridized carbons (Fsp3) is 0.0909. The van der Waals surface area contributed by atoms with Gasteiger partial charge in [0.25, 0.3) is 0 Å². The number of hydrogen-bond acceptors (Lipinski definition) is 3. The van der Waals surface area contributed by atoms with Crippen LogP contribution in [0, 0.1) is 11.3 Å². The first kappa shape index (κ1) is 9.69. The molecule has 1 amide bonds. The highest BCUT2D eigenvalue weighted by Gasteiger charge is 2.09. The highest BCUT2D eigenvalue weighted by atomic mass is 32.1. The zero-order chi connectivity index (χ0) is 10.8. The molecule has 2 N–H and O–H groups in total. The Labute approximate surface area is 90.7 Å². The average Bonchev–Trinajstić information content (AvgIpc) is 2.61. The molecule has 1 aromatic heterocycles. The number of benzene rings is 1. The van der Waals surface area contributed by atoms with Gasteiger partial charge in [-0.2, -0.15) is 5.26 Å². The fourth-order valence-electron chi connectivity index (χ4n) is 1.47. The minimum Gasteiger partial charge on any atom is -0.366 e. The first-order valence-electron chi connectivity index (χ1n) is 4.39. The monoisotopic (exact) mass is 216 g/mol. The third-order valence-corrected chi connectivity index (χ3v) is 3.15. The topological polar surface area (TPSA) is 66.9 Å². The number of amides is 1. The lowest BCUT2D eigenvalue weighted by molar-refractivity contribution is 0.100. The molecule has 0 radical (unpaired) electrons. The first-order chi connectivity index (χ1) is 7.22. The number of hydrogen-bond donors (Lipinski definition) is 1. The lowest BCUT2D eigenvalue weighted by atomic mass is 10.1. The van der Waals surface area contributed by atoms with Gasteiger partial charge >= 0.3 is 0 Å². The van der Waals surface area contributed by atoms with E-state index in [1.54, 1.807) is 5.38 Å². The summed E-state index contributed by atoms with van der Waals surface area (Å²) in [7, 11) is 0. The zero-order valence-corrected chi connectivity index (χ0v) is 8.67. The molecule has 1 aromatic carbocycles. The molecule has 0 fully saturated rings. The molecule has 15 heavy (non-hydrogen) atoms. The molecule has 1 heterocycles. The van der Waals surface area contributed by atoms with Gasteiger partial charge in [-0.25, -0.2) is 0 Å². The van der Waals surface area contributed by atoms with Crippen LogP contribution in [-0.2, 0) is 6.42 Å². The summed E-state index contributed by atoms with van der Waals surface area (Å²) in [6, 6.07) is 7.74. The van der Waals surface area contributed by atoms with Gasteiger partial charge in [0.05, 0.1) is 18.1 Å². The third kappa shape index (κ3) is 1.69. The van der Waals surface area contributed by atoms with E-state index in [0.29, 0.717) is 12.0 Å². The molecule has 2 aromatic rings. The largest absolute Gasteiger partial charge is 0.366 e. The second kappa shape index (κ2) is 3.71. The van der Waals surface area contributed by atoms with Crippen LogP contribution in [0.15, 0.2) is 23.6 Å². The van der Waals surface area contributed by atoms with Gasteiger partial charge < -0.3 is 5.73 Å². The summed E-state index contributed by atoms with van der Waals surface area (Å²) in [6.07, 6.45) is 0.351. The molecule has 0 aliphatic heterocycles. The van der Waals surface area contributed by atoms with Gasteiger partial charge in [-0.15, -0.1) is 11.3 Å². The van der Waals surface area contributed by atoms with E-state index in [-0.39, 0.29) is 0 Å². The second-order valence-electron chi connectivity index (χ2n) is 3.18. The Balaban J connectivity index is 2.62. The Morgan fingerprint density at radius 2 is 2.33 bits per heavy atom. The molecule has 0 saturated carbocycles. The number of primary amides is 1. The summed E-state index contributed by atoms with van der Waals surface area (Å²) in [6.45, 7) is 0. The van der Waals surface area contributed by atoms with Crippen LogP contribution in [0.2, 0.25) is 0 Å². The number of nitrogens with zero attached hydrogens (tertiary/aromatic N) is 1. The van der Waals surface area contributed by atoms with E-state index in [4.69, 9.17) is 11.0 Å². The minimum absolute atomic E-state index is 0.351. The molecular weight excluding hydrogens is 208 g/mol. The molecule has 74 valence electrons. The molecular formula is C11H8N2OS. The van der Waals surface area contributed by atoms with E-state index in [1.807, 2.05) is 18.2 Å². The standard InChI is InChI=1S/C11H8N2OS/c12-4-3-7-1-2-10-8(5-7)9(6-15-10)11(13)14/h1-2,5-6H,3H2,(H2,13,14). The SMILES string of the molecule is N#CCc1ccc2scc(C(N)=O)c2c1. The molecule has 0 aliphatic rings. The van der Waals surface area contributed by atoms with Crippen molar-refractivity contribution in [3.05, 3.63) is 34.7 Å². The molecule has 3 nitrogen and oxygen atoms in total. The minimum atomic E-state index is -0.421. The third-order valence-electron chi connectivity index (χ3n) is 2.19. The lowest BCUT2D eigenvalue weighted by Crippen LogP contribution is -2.09. The van der Waals surface area contributed by atoms with Crippen LogP contribution in [0.25, 0.3) is 10.1 Å². The van der Waals surface area contributed by atoms with Crippen molar-refractivity contribution in [1.82, 2.24) is 0 Å². The van der Waals surface area contributed by atoms with Crippen LogP contribution in [-0.4, -0.2) is 5.91 Å². The molecule has 2 rings (SSSR count). The smallest absolute Gasteiger partial charge is 0.250 e. The van der Waals surface area contributed by atoms with Gasteiger partial charge in [-0.1, -0.05) is 6.07 Å². The van der Waals surface area contributed by atoms with Crippen molar-refractivity contribution in [2.45, 2.75) is 6.42 Å². The number of fused-ring (bicyclic) bond motifs is 1. The predicted molar refractivity (Wildman–Crippen MR) is 59.7 cm³/mol. The van der Waals surface area contributed by atoms with Crippen molar-refractivity contribution in [2.24, 2.45) is 5.73 Å². The summed E-state index contributed by atoms with van der Waals surface area (Å²) >= 11 is 1.49.